The average molecular weight is 610 g/mol. The van der Waals surface area contributed by atoms with E-state index < -0.39 is 28.5 Å². The molecule has 1 N–H and O–H groups in total. The van der Waals surface area contributed by atoms with Crippen molar-refractivity contribution < 1.29 is 22.7 Å². The van der Waals surface area contributed by atoms with Gasteiger partial charge in [-0.2, -0.15) is 0 Å². The fraction of sp³-hybridized carbons (Fsp3) is 0.375. The lowest BCUT2D eigenvalue weighted by Gasteiger charge is -2.33. The van der Waals surface area contributed by atoms with Crippen molar-refractivity contribution in [3.63, 3.8) is 0 Å². The maximum Gasteiger partial charge on any atom is 0.264 e. The van der Waals surface area contributed by atoms with Crippen LogP contribution in [0.4, 0.5) is 5.69 Å². The Balaban J connectivity index is 1.71. The van der Waals surface area contributed by atoms with Gasteiger partial charge in [0.15, 0.2) is 0 Å². The molecule has 224 valence electrons. The molecule has 0 saturated heterocycles. The first kappa shape index (κ1) is 31.4. The number of thioether (sulfide) groups is 1. The van der Waals surface area contributed by atoms with Crippen LogP contribution in [0.5, 0.6) is 5.75 Å². The topological polar surface area (TPSA) is 96.0 Å². The molecule has 0 aliphatic heterocycles. The number of anilines is 1. The van der Waals surface area contributed by atoms with Crippen molar-refractivity contribution >= 4 is 39.3 Å². The van der Waals surface area contributed by atoms with Gasteiger partial charge in [0.25, 0.3) is 10.0 Å². The quantitative estimate of drug-likeness (QED) is 0.258. The van der Waals surface area contributed by atoms with E-state index in [4.69, 9.17) is 4.74 Å². The first-order valence-electron chi connectivity index (χ1n) is 14.3. The van der Waals surface area contributed by atoms with Crippen molar-refractivity contribution in [2.45, 2.75) is 68.0 Å². The van der Waals surface area contributed by atoms with Crippen LogP contribution in [0.3, 0.4) is 0 Å². The van der Waals surface area contributed by atoms with E-state index in [1.165, 1.54) is 16.7 Å². The minimum atomic E-state index is -4.19. The second kappa shape index (κ2) is 14.6. The highest BCUT2D eigenvalue weighted by Gasteiger charge is 2.34. The summed E-state index contributed by atoms with van der Waals surface area (Å²) in [5.41, 5.74) is 1.09. The van der Waals surface area contributed by atoms with Gasteiger partial charge < -0.3 is 15.0 Å². The summed E-state index contributed by atoms with van der Waals surface area (Å²) < 4.78 is 35.2. The Morgan fingerprint density at radius 1 is 0.976 bits per heavy atom. The second-order valence-electron chi connectivity index (χ2n) is 10.3. The molecule has 4 rings (SSSR count). The summed E-state index contributed by atoms with van der Waals surface area (Å²) in [5, 5.41) is 3.09. The third-order valence-electron chi connectivity index (χ3n) is 7.42. The minimum Gasteiger partial charge on any atom is -0.492 e. The van der Waals surface area contributed by atoms with Gasteiger partial charge in [0.2, 0.25) is 11.8 Å². The molecule has 0 aromatic heterocycles. The highest BCUT2D eigenvalue weighted by atomic mass is 32.2. The number of nitrogens with zero attached hydrogens (tertiary/aromatic N) is 2. The largest absolute Gasteiger partial charge is 0.492 e. The molecular formula is C32H39N3O5S2. The van der Waals surface area contributed by atoms with Gasteiger partial charge >= 0.3 is 0 Å². The van der Waals surface area contributed by atoms with Gasteiger partial charge in [0.05, 0.1) is 17.2 Å². The van der Waals surface area contributed by atoms with Crippen LogP contribution in [0, 0.1) is 0 Å². The molecule has 1 aliphatic carbocycles. The molecule has 42 heavy (non-hydrogen) atoms. The molecule has 0 bridgehead atoms. The van der Waals surface area contributed by atoms with Gasteiger partial charge in [0, 0.05) is 17.5 Å². The summed E-state index contributed by atoms with van der Waals surface area (Å²) >= 11 is 1.51. The third-order valence-corrected chi connectivity index (χ3v) is 9.94. The Bertz CT molecular complexity index is 1440. The number of carbonyl (C=O) groups is 2. The van der Waals surface area contributed by atoms with Gasteiger partial charge in [0.1, 0.15) is 18.3 Å². The predicted octanol–water partition coefficient (Wildman–Crippen LogP) is 5.48. The van der Waals surface area contributed by atoms with Gasteiger partial charge in [-0.15, -0.1) is 11.8 Å². The van der Waals surface area contributed by atoms with E-state index in [0.717, 1.165) is 40.4 Å². The number of carbonyl (C=O) groups excluding carboxylic acids is 2. The van der Waals surface area contributed by atoms with E-state index in [-0.39, 0.29) is 29.1 Å². The van der Waals surface area contributed by atoms with E-state index in [0.29, 0.717) is 12.4 Å². The average Bonchev–Trinajstić information content (AvgIpc) is 3.52. The van der Waals surface area contributed by atoms with E-state index in [1.54, 1.807) is 55.5 Å². The Morgan fingerprint density at radius 3 is 2.26 bits per heavy atom. The van der Waals surface area contributed by atoms with Crippen LogP contribution in [-0.4, -0.2) is 56.6 Å². The monoisotopic (exact) mass is 609 g/mol. The zero-order chi connectivity index (χ0) is 30.1. The van der Waals surface area contributed by atoms with Crippen molar-refractivity contribution in [3.05, 3.63) is 84.4 Å². The maximum absolute atomic E-state index is 14.2. The van der Waals surface area contributed by atoms with Crippen LogP contribution in [0.1, 0.15) is 45.1 Å². The number of rotatable bonds is 13. The molecule has 0 radical (unpaired) electrons. The van der Waals surface area contributed by atoms with Gasteiger partial charge in [-0.25, -0.2) is 8.42 Å². The first-order chi connectivity index (χ1) is 20.2. The third kappa shape index (κ3) is 7.66. The van der Waals surface area contributed by atoms with E-state index in [9.17, 15) is 18.0 Å². The van der Waals surface area contributed by atoms with Crippen LogP contribution in [0.25, 0.3) is 0 Å². The lowest BCUT2D eigenvalue weighted by molar-refractivity contribution is -0.139. The van der Waals surface area contributed by atoms with Crippen molar-refractivity contribution in [1.29, 1.82) is 0 Å². The molecule has 0 unspecified atom stereocenters. The van der Waals surface area contributed by atoms with Crippen molar-refractivity contribution in [2.75, 3.05) is 23.7 Å². The molecule has 3 aromatic rings. The minimum absolute atomic E-state index is 0.0565. The van der Waals surface area contributed by atoms with Crippen LogP contribution >= 0.6 is 11.8 Å². The number of hydrogen-bond donors (Lipinski definition) is 1. The summed E-state index contributed by atoms with van der Waals surface area (Å²) in [6.07, 6.45) is 5.88. The first-order valence-corrected chi connectivity index (χ1v) is 16.9. The molecule has 0 spiro atoms. The van der Waals surface area contributed by atoms with Gasteiger partial charge in [-0.05, 0) is 74.9 Å². The molecule has 1 aliphatic rings. The van der Waals surface area contributed by atoms with Gasteiger partial charge in [-0.1, -0.05) is 55.3 Å². The highest BCUT2D eigenvalue weighted by Crippen LogP contribution is 2.33. The fourth-order valence-corrected chi connectivity index (χ4v) is 6.92. The molecule has 2 amide bonds. The predicted molar refractivity (Wildman–Crippen MR) is 167 cm³/mol. The molecule has 8 nitrogen and oxygen atoms in total. The Kier molecular flexibility index (Phi) is 10.9. The number of ether oxygens (including phenoxy) is 1. The molecule has 3 aromatic carbocycles. The fourth-order valence-electron chi connectivity index (χ4n) is 5.08. The lowest BCUT2D eigenvalue weighted by atomic mass is 10.1. The molecule has 1 saturated carbocycles. The SMILES string of the molecule is CCOc1ccccc1N(CC(=O)N(Cc1ccccc1)[C@H](C)C(=O)NC1CCCC1)S(=O)(=O)c1ccc(SC)cc1. The van der Waals surface area contributed by atoms with Crippen molar-refractivity contribution in [3.8, 4) is 5.75 Å². The van der Waals surface area contributed by atoms with Gasteiger partial charge in [-0.3, -0.25) is 13.9 Å². The van der Waals surface area contributed by atoms with Crippen LogP contribution < -0.4 is 14.4 Å². The Labute approximate surface area is 253 Å². The molecule has 1 atom stereocenters. The van der Waals surface area contributed by atoms with Crippen LogP contribution in [-0.2, 0) is 26.2 Å². The normalized spacial score (nSPS) is 14.3. The van der Waals surface area contributed by atoms with Crippen LogP contribution in [0.2, 0.25) is 0 Å². The Hall–Kier alpha value is -3.50. The number of hydrogen-bond acceptors (Lipinski definition) is 6. The van der Waals surface area contributed by atoms with Crippen molar-refractivity contribution in [1.82, 2.24) is 10.2 Å². The van der Waals surface area contributed by atoms with Crippen LogP contribution in [0.15, 0.2) is 88.7 Å². The second-order valence-corrected chi connectivity index (χ2v) is 13.0. The standard InChI is InChI=1S/C32H39N3O5S2/c1-4-40-30-17-11-10-16-29(30)35(42(38,39)28-20-18-27(41-3)19-21-28)23-31(36)34(22-25-12-6-5-7-13-25)24(2)32(37)33-26-14-8-9-15-26/h5-7,10-13,16-21,24,26H,4,8-9,14-15,22-23H2,1-3H3,(H,33,37)/t24-/m1/s1. The molecular weight excluding hydrogens is 571 g/mol. The maximum atomic E-state index is 14.2. The number of amides is 2. The number of benzene rings is 3. The molecule has 0 heterocycles. The summed E-state index contributed by atoms with van der Waals surface area (Å²) in [6.45, 7) is 3.47. The summed E-state index contributed by atoms with van der Waals surface area (Å²) in [6, 6.07) is 22.0. The number of para-hydroxylation sites is 2. The molecule has 10 heteroatoms. The number of nitrogens with one attached hydrogen (secondary N) is 1. The van der Waals surface area contributed by atoms with E-state index in [1.807, 2.05) is 43.5 Å². The zero-order valence-corrected chi connectivity index (χ0v) is 26.0. The van der Waals surface area contributed by atoms with Crippen molar-refractivity contribution in [2.24, 2.45) is 0 Å². The van der Waals surface area contributed by atoms with E-state index >= 15 is 0 Å². The Morgan fingerprint density at radius 2 is 1.62 bits per heavy atom. The lowest BCUT2D eigenvalue weighted by Crippen LogP contribution is -2.52. The smallest absolute Gasteiger partial charge is 0.264 e. The summed E-state index contributed by atoms with van der Waals surface area (Å²) in [5.74, 6) is -0.398. The summed E-state index contributed by atoms with van der Waals surface area (Å²) in [4.78, 5) is 29.9. The van der Waals surface area contributed by atoms with E-state index in [2.05, 4.69) is 5.32 Å². The summed E-state index contributed by atoms with van der Waals surface area (Å²) in [7, 11) is -4.19. The number of sulfonamides is 1. The molecule has 1 fully saturated rings. The highest BCUT2D eigenvalue weighted by molar-refractivity contribution is 7.98. The zero-order valence-electron chi connectivity index (χ0n) is 24.4.